The molecule has 0 amide bonds. The number of ether oxygens (including phenoxy) is 1. The molecule has 0 radical (unpaired) electrons. The molecule has 0 fully saturated rings. The summed E-state index contributed by atoms with van der Waals surface area (Å²) in [7, 11) is 1.59. The minimum atomic E-state index is -0.168. The Balaban J connectivity index is 2.66. The number of hydrogen-bond acceptors (Lipinski definition) is 2. The molecule has 0 aliphatic heterocycles. The van der Waals surface area contributed by atoms with Crippen molar-refractivity contribution < 1.29 is 4.74 Å². The van der Waals surface area contributed by atoms with Gasteiger partial charge in [-0.25, -0.2) is 4.79 Å². The normalized spacial score (nSPS) is 10.3. The smallest absolute Gasteiger partial charge is 0.330 e. The first-order valence-corrected chi connectivity index (χ1v) is 4.63. The van der Waals surface area contributed by atoms with Crippen molar-refractivity contribution in [2.45, 2.75) is 6.92 Å². The van der Waals surface area contributed by atoms with Crippen LogP contribution in [-0.2, 0) is 0 Å². The van der Waals surface area contributed by atoms with Gasteiger partial charge in [0.1, 0.15) is 5.75 Å². The van der Waals surface area contributed by atoms with Crippen LogP contribution in [0.4, 0.5) is 0 Å². The van der Waals surface area contributed by atoms with Crippen LogP contribution in [0.2, 0.25) is 0 Å². The number of H-pyrrole nitrogens is 1. The van der Waals surface area contributed by atoms with E-state index in [9.17, 15) is 4.79 Å². The number of methoxy groups -OCH3 is 1. The average Bonchev–Trinajstić information content (AvgIpc) is 2.64. The Kier molecular flexibility index (Phi) is 2.33. The van der Waals surface area contributed by atoms with Gasteiger partial charge < -0.3 is 9.72 Å². The van der Waals surface area contributed by atoms with Gasteiger partial charge in [-0.15, -0.1) is 0 Å². The van der Waals surface area contributed by atoms with Crippen LogP contribution in [0.5, 0.6) is 5.75 Å². The molecule has 0 saturated heterocycles. The minimum Gasteiger partial charge on any atom is -0.495 e. The summed E-state index contributed by atoms with van der Waals surface area (Å²) in [5.74, 6) is 0.683. The molecular weight excluding hydrogens is 192 g/mol. The Bertz CT molecular complexity index is 525. The Morgan fingerprint density at radius 2 is 2.20 bits per heavy atom. The number of aromatic amines is 1. The van der Waals surface area contributed by atoms with Gasteiger partial charge >= 0.3 is 5.69 Å². The predicted octanol–water partition coefficient (Wildman–Crippen LogP) is 1.48. The van der Waals surface area contributed by atoms with Gasteiger partial charge in [0.15, 0.2) is 0 Å². The fraction of sp³-hybridized carbons (Fsp3) is 0.182. The second kappa shape index (κ2) is 3.65. The summed E-state index contributed by atoms with van der Waals surface area (Å²) in [6.07, 6.45) is 3.28. The van der Waals surface area contributed by atoms with Gasteiger partial charge in [0.2, 0.25) is 0 Å². The van der Waals surface area contributed by atoms with E-state index in [1.54, 1.807) is 19.5 Å². The molecule has 0 unspecified atom stereocenters. The molecule has 2 rings (SSSR count). The number of benzene rings is 1. The summed E-state index contributed by atoms with van der Waals surface area (Å²) in [6, 6.07) is 5.71. The lowest BCUT2D eigenvalue weighted by molar-refractivity contribution is 0.412. The molecule has 4 nitrogen and oxygen atoms in total. The van der Waals surface area contributed by atoms with E-state index in [4.69, 9.17) is 4.74 Å². The van der Waals surface area contributed by atoms with Gasteiger partial charge in [0.05, 0.1) is 12.8 Å². The Morgan fingerprint density at radius 3 is 2.80 bits per heavy atom. The largest absolute Gasteiger partial charge is 0.495 e. The van der Waals surface area contributed by atoms with Gasteiger partial charge in [0.25, 0.3) is 0 Å². The van der Waals surface area contributed by atoms with Crippen molar-refractivity contribution in [1.29, 1.82) is 0 Å². The van der Waals surface area contributed by atoms with E-state index in [1.165, 1.54) is 4.57 Å². The number of nitrogens with one attached hydrogen (secondary N) is 1. The molecule has 0 aliphatic carbocycles. The van der Waals surface area contributed by atoms with Crippen LogP contribution < -0.4 is 10.4 Å². The van der Waals surface area contributed by atoms with Crippen LogP contribution in [0.15, 0.2) is 35.4 Å². The summed E-state index contributed by atoms with van der Waals surface area (Å²) < 4.78 is 6.73. The van der Waals surface area contributed by atoms with Crippen molar-refractivity contribution in [2.75, 3.05) is 7.11 Å². The van der Waals surface area contributed by atoms with Crippen LogP contribution in [-0.4, -0.2) is 16.7 Å². The van der Waals surface area contributed by atoms with Gasteiger partial charge in [-0.05, 0) is 24.6 Å². The van der Waals surface area contributed by atoms with Crippen molar-refractivity contribution in [2.24, 2.45) is 0 Å². The molecule has 2 aromatic rings. The third-order valence-electron chi connectivity index (χ3n) is 2.24. The number of rotatable bonds is 2. The highest BCUT2D eigenvalue weighted by Crippen LogP contribution is 2.22. The van der Waals surface area contributed by atoms with Crippen molar-refractivity contribution in [3.63, 3.8) is 0 Å². The Morgan fingerprint density at radius 1 is 1.40 bits per heavy atom. The maximum absolute atomic E-state index is 11.5. The van der Waals surface area contributed by atoms with Crippen molar-refractivity contribution in [3.8, 4) is 11.4 Å². The molecular formula is C11H12N2O2. The SMILES string of the molecule is COc1ccc(C)cc1-n1cc[nH]c1=O. The number of imidazole rings is 1. The van der Waals surface area contributed by atoms with Crippen molar-refractivity contribution in [1.82, 2.24) is 9.55 Å². The number of nitrogens with zero attached hydrogens (tertiary/aromatic N) is 1. The van der Waals surface area contributed by atoms with E-state index in [1.807, 2.05) is 25.1 Å². The highest BCUT2D eigenvalue weighted by molar-refractivity contribution is 5.48. The third-order valence-corrected chi connectivity index (χ3v) is 2.24. The molecule has 78 valence electrons. The number of aromatic nitrogens is 2. The zero-order chi connectivity index (χ0) is 10.8. The van der Waals surface area contributed by atoms with E-state index in [0.717, 1.165) is 11.3 Å². The van der Waals surface area contributed by atoms with E-state index < -0.39 is 0 Å². The highest BCUT2D eigenvalue weighted by Gasteiger charge is 2.06. The number of aryl methyl sites for hydroxylation is 1. The molecule has 1 aromatic heterocycles. The molecule has 0 saturated carbocycles. The first-order valence-electron chi connectivity index (χ1n) is 4.63. The summed E-state index contributed by atoms with van der Waals surface area (Å²) >= 11 is 0. The van der Waals surface area contributed by atoms with Gasteiger partial charge in [0, 0.05) is 12.4 Å². The molecule has 1 heterocycles. The monoisotopic (exact) mass is 204 g/mol. The molecule has 1 N–H and O–H groups in total. The van der Waals surface area contributed by atoms with E-state index >= 15 is 0 Å². The fourth-order valence-electron chi connectivity index (χ4n) is 1.50. The minimum absolute atomic E-state index is 0.168. The van der Waals surface area contributed by atoms with Gasteiger partial charge in [-0.1, -0.05) is 6.07 Å². The lowest BCUT2D eigenvalue weighted by Crippen LogP contribution is -2.14. The molecule has 0 aliphatic rings. The van der Waals surface area contributed by atoms with Crippen molar-refractivity contribution >= 4 is 0 Å². The van der Waals surface area contributed by atoms with Gasteiger partial charge in [-0.2, -0.15) is 0 Å². The van der Waals surface area contributed by atoms with Gasteiger partial charge in [-0.3, -0.25) is 4.57 Å². The Hall–Kier alpha value is -1.97. The lowest BCUT2D eigenvalue weighted by Gasteiger charge is -2.08. The maximum Gasteiger partial charge on any atom is 0.330 e. The highest BCUT2D eigenvalue weighted by atomic mass is 16.5. The fourth-order valence-corrected chi connectivity index (χ4v) is 1.50. The molecule has 15 heavy (non-hydrogen) atoms. The summed E-state index contributed by atoms with van der Waals surface area (Å²) in [5.41, 5.74) is 1.67. The second-order valence-corrected chi connectivity index (χ2v) is 3.31. The molecule has 4 heteroatoms. The van der Waals surface area contributed by atoms with Crippen LogP contribution in [0.1, 0.15) is 5.56 Å². The molecule has 0 spiro atoms. The van der Waals surface area contributed by atoms with Crippen LogP contribution in [0, 0.1) is 6.92 Å². The zero-order valence-corrected chi connectivity index (χ0v) is 8.65. The second-order valence-electron chi connectivity index (χ2n) is 3.31. The quantitative estimate of drug-likeness (QED) is 0.805. The predicted molar refractivity (Wildman–Crippen MR) is 57.7 cm³/mol. The van der Waals surface area contributed by atoms with Crippen LogP contribution in [0.25, 0.3) is 5.69 Å². The van der Waals surface area contributed by atoms with Crippen LogP contribution in [0.3, 0.4) is 0 Å². The standard InChI is InChI=1S/C11H12N2O2/c1-8-3-4-10(15-2)9(7-8)13-6-5-12-11(13)14/h3-7H,1-2H3,(H,12,14). The first kappa shape index (κ1) is 9.58. The number of hydrogen-bond donors (Lipinski definition) is 1. The van der Waals surface area contributed by atoms with Crippen molar-refractivity contribution in [3.05, 3.63) is 46.6 Å². The molecule has 1 aromatic carbocycles. The first-order chi connectivity index (χ1) is 7.22. The topological polar surface area (TPSA) is 47.0 Å². The molecule has 0 atom stereocenters. The zero-order valence-electron chi connectivity index (χ0n) is 8.65. The average molecular weight is 204 g/mol. The lowest BCUT2D eigenvalue weighted by atomic mass is 10.2. The van der Waals surface area contributed by atoms with E-state index in [0.29, 0.717) is 5.75 Å². The van der Waals surface area contributed by atoms with E-state index in [2.05, 4.69) is 4.98 Å². The third kappa shape index (κ3) is 1.66. The summed E-state index contributed by atoms with van der Waals surface area (Å²) in [5, 5.41) is 0. The molecule has 0 bridgehead atoms. The summed E-state index contributed by atoms with van der Waals surface area (Å²) in [4.78, 5) is 14.0. The van der Waals surface area contributed by atoms with Crippen LogP contribution >= 0.6 is 0 Å². The van der Waals surface area contributed by atoms with E-state index in [-0.39, 0.29) is 5.69 Å². The summed E-state index contributed by atoms with van der Waals surface area (Å²) in [6.45, 7) is 1.97. The maximum atomic E-state index is 11.5. The Labute approximate surface area is 87.1 Å².